The Bertz CT molecular complexity index is 843. The van der Waals surface area contributed by atoms with Crippen molar-refractivity contribution in [2.45, 2.75) is 33.6 Å². The molecule has 1 aromatic carbocycles. The molecule has 0 radical (unpaired) electrons. The van der Waals surface area contributed by atoms with Gasteiger partial charge in [-0.3, -0.25) is 0 Å². The molecule has 0 fully saturated rings. The molecule has 124 valence electrons. The summed E-state index contributed by atoms with van der Waals surface area (Å²) in [6, 6.07) is 8.02. The van der Waals surface area contributed by atoms with Gasteiger partial charge in [-0.05, 0) is 30.9 Å². The number of benzene rings is 1. The fourth-order valence-electron chi connectivity index (χ4n) is 2.43. The van der Waals surface area contributed by atoms with Crippen molar-refractivity contribution in [3.63, 3.8) is 0 Å². The van der Waals surface area contributed by atoms with Gasteiger partial charge in [0.2, 0.25) is 5.95 Å². The number of aryl methyl sites for hydroxylation is 2. The maximum Gasteiger partial charge on any atom is 0.250 e. The SMILES string of the molecule is Cc1cc(Nc2nncc(Nc3c(C)cccc3C(C)C)n2)no1. The zero-order valence-electron chi connectivity index (χ0n) is 14.2. The fraction of sp³-hybridized carbons (Fsp3) is 0.294. The molecular formula is C17H20N6O. The minimum Gasteiger partial charge on any atom is -0.360 e. The minimum absolute atomic E-state index is 0.355. The van der Waals surface area contributed by atoms with Gasteiger partial charge in [0.15, 0.2) is 11.6 Å². The first kappa shape index (κ1) is 15.9. The van der Waals surface area contributed by atoms with Gasteiger partial charge in [-0.25, -0.2) is 0 Å². The lowest BCUT2D eigenvalue weighted by atomic mass is 9.98. The van der Waals surface area contributed by atoms with Crippen molar-refractivity contribution < 1.29 is 4.52 Å². The van der Waals surface area contributed by atoms with Crippen LogP contribution in [-0.2, 0) is 0 Å². The zero-order chi connectivity index (χ0) is 17.1. The van der Waals surface area contributed by atoms with Crippen molar-refractivity contribution in [2.75, 3.05) is 10.6 Å². The summed E-state index contributed by atoms with van der Waals surface area (Å²) in [7, 11) is 0. The lowest BCUT2D eigenvalue weighted by molar-refractivity contribution is 0.400. The highest BCUT2D eigenvalue weighted by atomic mass is 16.5. The van der Waals surface area contributed by atoms with Crippen LogP contribution in [0.4, 0.5) is 23.3 Å². The number of hydrogen-bond acceptors (Lipinski definition) is 7. The standard InChI is InChI=1S/C17H20N6O/c1-10(2)13-7-5-6-11(3)16(13)19-15-9-18-22-17(21-15)20-14-8-12(4)24-23-14/h5-10H,1-4H3,(H2,19,20,21,22,23). The van der Waals surface area contributed by atoms with Gasteiger partial charge in [0.1, 0.15) is 5.76 Å². The first-order chi connectivity index (χ1) is 11.5. The van der Waals surface area contributed by atoms with Crippen LogP contribution in [-0.4, -0.2) is 20.3 Å². The third-order valence-corrected chi connectivity index (χ3v) is 3.61. The van der Waals surface area contributed by atoms with Gasteiger partial charge < -0.3 is 15.2 Å². The summed E-state index contributed by atoms with van der Waals surface area (Å²) in [6.45, 7) is 8.22. The molecule has 0 aliphatic carbocycles. The molecule has 3 rings (SSSR count). The predicted octanol–water partition coefficient (Wildman–Crippen LogP) is 4.09. The normalized spacial score (nSPS) is 10.9. The summed E-state index contributed by atoms with van der Waals surface area (Å²) < 4.78 is 5.02. The van der Waals surface area contributed by atoms with E-state index >= 15 is 0 Å². The van der Waals surface area contributed by atoms with Crippen molar-refractivity contribution in [1.29, 1.82) is 0 Å². The molecule has 2 aromatic heterocycles. The van der Waals surface area contributed by atoms with Crippen LogP contribution in [0.3, 0.4) is 0 Å². The van der Waals surface area contributed by atoms with E-state index in [0.29, 0.717) is 29.3 Å². The molecule has 0 spiro atoms. The number of nitrogens with one attached hydrogen (secondary N) is 2. The fourth-order valence-corrected chi connectivity index (χ4v) is 2.43. The van der Waals surface area contributed by atoms with Crippen molar-refractivity contribution >= 4 is 23.3 Å². The Morgan fingerprint density at radius 1 is 1.08 bits per heavy atom. The van der Waals surface area contributed by atoms with E-state index < -0.39 is 0 Å². The lowest BCUT2D eigenvalue weighted by Crippen LogP contribution is -2.05. The molecule has 3 aromatic rings. The van der Waals surface area contributed by atoms with E-state index in [1.54, 1.807) is 12.3 Å². The average molecular weight is 324 g/mol. The summed E-state index contributed by atoms with van der Waals surface area (Å²) in [5.74, 6) is 2.63. The highest BCUT2D eigenvalue weighted by Gasteiger charge is 2.11. The summed E-state index contributed by atoms with van der Waals surface area (Å²) in [5.41, 5.74) is 3.44. The second-order valence-electron chi connectivity index (χ2n) is 5.93. The molecule has 0 aliphatic rings. The molecule has 0 saturated heterocycles. The summed E-state index contributed by atoms with van der Waals surface area (Å²) in [5, 5.41) is 18.2. The molecule has 2 N–H and O–H groups in total. The quantitative estimate of drug-likeness (QED) is 0.730. The molecule has 24 heavy (non-hydrogen) atoms. The first-order valence-corrected chi connectivity index (χ1v) is 7.79. The molecular weight excluding hydrogens is 304 g/mol. The van der Waals surface area contributed by atoms with E-state index in [4.69, 9.17) is 4.52 Å². The molecule has 2 heterocycles. The van der Waals surface area contributed by atoms with Crippen LogP contribution < -0.4 is 10.6 Å². The van der Waals surface area contributed by atoms with Crippen LogP contribution in [0.25, 0.3) is 0 Å². The summed E-state index contributed by atoms with van der Waals surface area (Å²) in [6.07, 6.45) is 1.59. The molecule has 0 unspecified atom stereocenters. The summed E-state index contributed by atoms with van der Waals surface area (Å²) >= 11 is 0. The second-order valence-corrected chi connectivity index (χ2v) is 5.93. The Morgan fingerprint density at radius 3 is 2.62 bits per heavy atom. The van der Waals surface area contributed by atoms with Gasteiger partial charge in [-0.2, -0.15) is 10.1 Å². The topological polar surface area (TPSA) is 88.8 Å². The van der Waals surface area contributed by atoms with E-state index in [9.17, 15) is 0 Å². The molecule has 7 nitrogen and oxygen atoms in total. The molecule has 0 aliphatic heterocycles. The van der Waals surface area contributed by atoms with Gasteiger partial charge in [-0.15, -0.1) is 5.10 Å². The van der Waals surface area contributed by atoms with Crippen LogP contribution in [0, 0.1) is 13.8 Å². The number of aromatic nitrogens is 4. The Morgan fingerprint density at radius 2 is 1.92 bits per heavy atom. The molecule has 0 amide bonds. The maximum atomic E-state index is 5.02. The van der Waals surface area contributed by atoms with Crippen LogP contribution in [0.15, 0.2) is 35.0 Å². The average Bonchev–Trinajstić information content (AvgIpc) is 2.94. The third-order valence-electron chi connectivity index (χ3n) is 3.61. The van der Waals surface area contributed by atoms with Crippen molar-refractivity contribution in [3.05, 3.63) is 47.3 Å². The van der Waals surface area contributed by atoms with E-state index in [2.05, 4.69) is 69.9 Å². The van der Waals surface area contributed by atoms with E-state index in [-0.39, 0.29) is 0 Å². The molecule has 0 saturated carbocycles. The number of hydrogen-bond donors (Lipinski definition) is 2. The third kappa shape index (κ3) is 3.51. The largest absolute Gasteiger partial charge is 0.360 e. The Hall–Kier alpha value is -2.96. The lowest BCUT2D eigenvalue weighted by Gasteiger charge is -2.16. The van der Waals surface area contributed by atoms with Crippen molar-refractivity contribution in [2.24, 2.45) is 0 Å². The highest BCUT2D eigenvalue weighted by Crippen LogP contribution is 2.29. The van der Waals surface area contributed by atoms with Gasteiger partial charge in [-0.1, -0.05) is 37.2 Å². The number of nitrogens with zero attached hydrogens (tertiary/aromatic N) is 4. The number of para-hydroxylation sites is 1. The molecule has 0 bridgehead atoms. The van der Waals surface area contributed by atoms with Crippen LogP contribution in [0.1, 0.15) is 36.7 Å². The van der Waals surface area contributed by atoms with Crippen LogP contribution in [0.2, 0.25) is 0 Å². The van der Waals surface area contributed by atoms with Gasteiger partial charge in [0, 0.05) is 11.8 Å². The Kier molecular flexibility index (Phi) is 4.41. The highest BCUT2D eigenvalue weighted by molar-refractivity contribution is 5.65. The van der Waals surface area contributed by atoms with E-state index in [0.717, 1.165) is 11.3 Å². The van der Waals surface area contributed by atoms with E-state index in [1.165, 1.54) is 5.56 Å². The zero-order valence-corrected chi connectivity index (χ0v) is 14.2. The smallest absolute Gasteiger partial charge is 0.250 e. The maximum absolute atomic E-state index is 5.02. The second kappa shape index (κ2) is 6.66. The number of anilines is 4. The molecule has 0 atom stereocenters. The monoisotopic (exact) mass is 324 g/mol. The number of rotatable bonds is 5. The van der Waals surface area contributed by atoms with E-state index in [1.807, 2.05) is 6.92 Å². The van der Waals surface area contributed by atoms with Crippen molar-refractivity contribution in [1.82, 2.24) is 20.3 Å². The Balaban J connectivity index is 1.85. The predicted molar refractivity (Wildman–Crippen MR) is 92.9 cm³/mol. The van der Waals surface area contributed by atoms with Crippen molar-refractivity contribution in [3.8, 4) is 0 Å². The van der Waals surface area contributed by atoms with Crippen LogP contribution >= 0.6 is 0 Å². The first-order valence-electron chi connectivity index (χ1n) is 7.79. The van der Waals surface area contributed by atoms with Gasteiger partial charge in [0.25, 0.3) is 0 Å². The van der Waals surface area contributed by atoms with Crippen LogP contribution in [0.5, 0.6) is 0 Å². The van der Waals surface area contributed by atoms with Gasteiger partial charge >= 0.3 is 0 Å². The summed E-state index contributed by atoms with van der Waals surface area (Å²) in [4.78, 5) is 4.44. The molecule has 7 heteroatoms. The minimum atomic E-state index is 0.355. The van der Waals surface area contributed by atoms with Gasteiger partial charge in [0.05, 0.1) is 6.20 Å². The Labute approximate surface area is 140 Å².